The smallest absolute Gasteiger partial charge is 0.387 e. The van der Waals surface area contributed by atoms with E-state index in [0.717, 1.165) is 109 Å². The largest absolute Gasteiger partial charge is 0.472 e. The van der Waals surface area contributed by atoms with Gasteiger partial charge < -0.3 is 19.8 Å². The monoisotopic (exact) mass is 1100 g/mol. The zero-order valence-corrected chi connectivity index (χ0v) is 51.7. The Bertz CT molecular complexity index is 1730. The fourth-order valence-corrected chi connectivity index (χ4v) is 9.22. The van der Waals surface area contributed by atoms with Crippen molar-refractivity contribution in [2.24, 2.45) is 0 Å². The topological polar surface area (TPSA) is 105 Å². The van der Waals surface area contributed by atoms with Gasteiger partial charge in [0, 0.05) is 6.42 Å². The number of likely N-dealkylation sites (N-methyl/N-ethyl adjacent to an activating group) is 1. The number of aliphatic hydroxyl groups is 1. The molecule has 0 aromatic carbocycles. The molecule has 3 N–H and O–H groups in total. The predicted molar refractivity (Wildman–Crippen MR) is 341 cm³/mol. The molecule has 8 nitrogen and oxygen atoms in total. The number of phosphoric acid groups is 1. The summed E-state index contributed by atoms with van der Waals surface area (Å²) in [7, 11) is 1.56. The molecule has 0 aliphatic carbocycles. The highest BCUT2D eigenvalue weighted by Gasteiger charge is 2.27. The zero-order chi connectivity index (χ0) is 57.0. The van der Waals surface area contributed by atoms with Crippen LogP contribution in [0.4, 0.5) is 0 Å². The SMILES string of the molecule is CC/C=C\C/C=C\C/C=C\C/C=C\C/C=C\C/C=C\C/C=C\C/C=C\C/C=C\C/C=C\CCCCCCCCCCCCC(=O)NC(COP(=O)(O)OCC[N+](C)(C)C)C(O)/C=C/CCCCCCCCCCCCCCC. The predicted octanol–water partition coefficient (Wildman–Crippen LogP) is 19.9. The van der Waals surface area contributed by atoms with Gasteiger partial charge in [0.15, 0.2) is 0 Å². The van der Waals surface area contributed by atoms with Gasteiger partial charge >= 0.3 is 7.82 Å². The Balaban J connectivity index is 4.10. The van der Waals surface area contributed by atoms with Crippen LogP contribution in [0.1, 0.15) is 245 Å². The van der Waals surface area contributed by atoms with Gasteiger partial charge in [-0.15, -0.1) is 0 Å². The van der Waals surface area contributed by atoms with E-state index in [4.69, 9.17) is 9.05 Å². The molecule has 3 atom stereocenters. The third kappa shape index (κ3) is 60.3. The van der Waals surface area contributed by atoms with Crippen LogP contribution < -0.4 is 5.32 Å². The molecule has 0 radical (unpaired) electrons. The molecule has 0 aliphatic rings. The summed E-state index contributed by atoms with van der Waals surface area (Å²) >= 11 is 0. The van der Waals surface area contributed by atoms with E-state index in [1.54, 1.807) is 6.08 Å². The van der Waals surface area contributed by atoms with Crippen molar-refractivity contribution < 1.29 is 32.9 Å². The minimum atomic E-state index is -4.35. The third-order valence-electron chi connectivity index (χ3n) is 13.4. The number of phosphoric ester groups is 1. The fourth-order valence-electron chi connectivity index (χ4n) is 8.48. The van der Waals surface area contributed by atoms with E-state index in [1.165, 1.54) is 116 Å². The number of quaternary nitrogens is 1. The van der Waals surface area contributed by atoms with Gasteiger partial charge in [-0.2, -0.15) is 0 Å². The summed E-state index contributed by atoms with van der Waals surface area (Å²) in [6.07, 6.45) is 88.5. The summed E-state index contributed by atoms with van der Waals surface area (Å²) in [5, 5.41) is 13.9. The number of aliphatic hydroxyl groups excluding tert-OH is 1. The Morgan fingerprint density at radius 3 is 1.13 bits per heavy atom. The maximum Gasteiger partial charge on any atom is 0.472 e. The van der Waals surface area contributed by atoms with Crippen molar-refractivity contribution in [2.75, 3.05) is 40.9 Å². The quantitative estimate of drug-likeness (QED) is 0.0243. The summed E-state index contributed by atoms with van der Waals surface area (Å²) in [5.74, 6) is -0.186. The lowest BCUT2D eigenvalue weighted by Gasteiger charge is -2.25. The highest BCUT2D eigenvalue weighted by atomic mass is 31.2. The lowest BCUT2D eigenvalue weighted by atomic mass is 10.0. The van der Waals surface area contributed by atoms with Crippen molar-refractivity contribution in [1.82, 2.24) is 5.32 Å². The molecule has 0 fully saturated rings. The molecule has 0 saturated heterocycles. The van der Waals surface area contributed by atoms with E-state index in [9.17, 15) is 19.4 Å². The molecule has 78 heavy (non-hydrogen) atoms. The minimum Gasteiger partial charge on any atom is -0.387 e. The number of hydrogen-bond donors (Lipinski definition) is 3. The maximum atomic E-state index is 13.0. The van der Waals surface area contributed by atoms with E-state index >= 15 is 0 Å². The van der Waals surface area contributed by atoms with Gasteiger partial charge in [-0.3, -0.25) is 13.8 Å². The molecule has 0 aromatic heterocycles. The molecule has 0 aromatic rings. The van der Waals surface area contributed by atoms with Crippen LogP contribution in [0.25, 0.3) is 0 Å². The van der Waals surface area contributed by atoms with Crippen LogP contribution in [0.3, 0.4) is 0 Å². The lowest BCUT2D eigenvalue weighted by Crippen LogP contribution is -2.45. The first kappa shape index (κ1) is 74.6. The van der Waals surface area contributed by atoms with Gasteiger partial charge in [-0.05, 0) is 96.3 Å². The van der Waals surface area contributed by atoms with Gasteiger partial charge in [-0.1, -0.05) is 276 Å². The second-order valence-corrected chi connectivity index (χ2v) is 23.5. The molecule has 0 aliphatic heterocycles. The molecule has 446 valence electrons. The minimum absolute atomic E-state index is 0.0552. The number of nitrogens with zero attached hydrogens (tertiary/aromatic N) is 1. The normalized spacial score (nSPS) is 14.7. The average Bonchev–Trinajstić information content (AvgIpc) is 3.41. The molecule has 0 heterocycles. The second-order valence-electron chi connectivity index (χ2n) is 22.1. The molecular formula is C69H120N2O6P+. The number of carbonyl (C=O) groups excluding carboxylic acids is 1. The lowest BCUT2D eigenvalue weighted by molar-refractivity contribution is -0.870. The van der Waals surface area contributed by atoms with Gasteiger partial charge in [0.25, 0.3) is 0 Å². The number of amides is 1. The highest BCUT2D eigenvalue weighted by Crippen LogP contribution is 2.43. The van der Waals surface area contributed by atoms with E-state index in [0.29, 0.717) is 17.4 Å². The van der Waals surface area contributed by atoms with E-state index in [1.807, 2.05) is 27.2 Å². The second kappa shape index (κ2) is 58.3. The van der Waals surface area contributed by atoms with Gasteiger partial charge in [-0.25, -0.2) is 4.57 Å². The molecule has 0 rings (SSSR count). The summed E-state index contributed by atoms with van der Waals surface area (Å²) in [6, 6.07) is -0.857. The van der Waals surface area contributed by atoms with Crippen molar-refractivity contribution in [3.05, 3.63) is 134 Å². The Kier molecular flexibility index (Phi) is 55.8. The molecule has 0 bridgehead atoms. The van der Waals surface area contributed by atoms with Crippen LogP contribution in [-0.2, 0) is 18.4 Å². The molecule has 1 amide bonds. The number of rotatable bonds is 56. The van der Waals surface area contributed by atoms with Gasteiger partial charge in [0.2, 0.25) is 5.91 Å². The molecular weight excluding hydrogens is 984 g/mol. The van der Waals surface area contributed by atoms with Crippen molar-refractivity contribution in [3.8, 4) is 0 Å². The Morgan fingerprint density at radius 1 is 0.449 bits per heavy atom. The number of carbonyl (C=O) groups is 1. The first-order valence-corrected chi connectivity index (χ1v) is 33.1. The van der Waals surface area contributed by atoms with E-state index in [-0.39, 0.29) is 19.1 Å². The standard InChI is InChI=1S/C69H119N2O6P/c1-6-8-10-12-14-16-18-20-22-23-24-25-26-27-28-29-30-31-32-33-34-35-36-37-38-39-40-41-42-43-44-45-46-47-49-51-53-55-57-59-61-63-69(73)70-67(66-77-78(74,75)76-65-64-71(3,4)5)68(72)62-60-58-56-54-52-50-48-21-19-17-15-13-11-9-7-2/h8,10,14,16,20,22,24-25,27-28,30-31,33-34,36-37,39-40,42-43,60,62,67-68,72H,6-7,9,11-13,15,17-19,21,23,26,29,32,35,38,41,44-59,61,63-66H2,1-5H3,(H-,70,73,74,75)/p+1/b10-8-,16-14-,22-20-,25-24-,28-27-,31-30-,34-33-,37-36-,40-39-,43-42-,62-60+. The maximum absolute atomic E-state index is 13.0. The third-order valence-corrected chi connectivity index (χ3v) is 14.4. The van der Waals surface area contributed by atoms with E-state index in [2.05, 4.69) is 141 Å². The Morgan fingerprint density at radius 2 is 0.769 bits per heavy atom. The number of unbranched alkanes of at least 4 members (excludes halogenated alkanes) is 23. The number of hydrogen-bond acceptors (Lipinski definition) is 5. The van der Waals surface area contributed by atoms with E-state index < -0.39 is 20.0 Å². The summed E-state index contributed by atoms with van der Waals surface area (Å²) in [5.41, 5.74) is 0. The summed E-state index contributed by atoms with van der Waals surface area (Å²) in [4.78, 5) is 23.3. The number of nitrogens with one attached hydrogen (secondary N) is 1. The van der Waals surface area contributed by atoms with Crippen molar-refractivity contribution in [2.45, 2.75) is 257 Å². The molecule has 9 heteroatoms. The van der Waals surface area contributed by atoms with Crippen molar-refractivity contribution in [1.29, 1.82) is 0 Å². The van der Waals surface area contributed by atoms with Crippen LogP contribution in [0.15, 0.2) is 134 Å². The van der Waals surface area contributed by atoms with Crippen LogP contribution in [0.2, 0.25) is 0 Å². The Labute approximate surface area is 481 Å². The zero-order valence-electron chi connectivity index (χ0n) is 50.9. The van der Waals surface area contributed by atoms with Crippen molar-refractivity contribution >= 4 is 13.7 Å². The summed E-state index contributed by atoms with van der Waals surface area (Å²) in [6.45, 7) is 4.69. The van der Waals surface area contributed by atoms with Crippen LogP contribution in [0.5, 0.6) is 0 Å². The first-order valence-electron chi connectivity index (χ1n) is 31.6. The molecule has 0 saturated carbocycles. The van der Waals surface area contributed by atoms with Crippen LogP contribution in [-0.4, -0.2) is 73.4 Å². The van der Waals surface area contributed by atoms with Crippen molar-refractivity contribution in [3.63, 3.8) is 0 Å². The number of allylic oxidation sites excluding steroid dienone is 21. The van der Waals surface area contributed by atoms with Gasteiger partial charge in [0.05, 0.1) is 39.9 Å². The first-order chi connectivity index (χ1) is 38.0. The van der Waals surface area contributed by atoms with Crippen LogP contribution in [0, 0.1) is 0 Å². The molecule has 0 spiro atoms. The Hall–Kier alpha value is -3.36. The highest BCUT2D eigenvalue weighted by molar-refractivity contribution is 7.47. The summed E-state index contributed by atoms with van der Waals surface area (Å²) < 4.78 is 23.7. The van der Waals surface area contributed by atoms with Crippen LogP contribution >= 0.6 is 7.82 Å². The van der Waals surface area contributed by atoms with Gasteiger partial charge in [0.1, 0.15) is 13.2 Å². The average molecular weight is 1100 g/mol. The molecule has 3 unspecified atom stereocenters. The fraction of sp³-hybridized carbons (Fsp3) is 0.667.